The first kappa shape index (κ1) is 21.5. The Morgan fingerprint density at radius 1 is 0.903 bits per heavy atom. The van der Waals surface area contributed by atoms with E-state index >= 15 is 0 Å². The lowest BCUT2D eigenvalue weighted by atomic mass is 9.86. The van der Waals surface area contributed by atoms with Gasteiger partial charge in [0.2, 0.25) is 0 Å². The van der Waals surface area contributed by atoms with Crippen molar-refractivity contribution in [1.82, 2.24) is 0 Å². The molecule has 0 fully saturated rings. The van der Waals surface area contributed by atoms with Crippen LogP contribution in [0.3, 0.4) is 0 Å². The number of anilines is 1. The van der Waals surface area contributed by atoms with Crippen LogP contribution in [0.4, 0.5) is 5.69 Å². The van der Waals surface area contributed by atoms with Crippen molar-refractivity contribution in [3.63, 3.8) is 0 Å². The summed E-state index contributed by atoms with van der Waals surface area (Å²) in [4.78, 5) is 0.196. The molecule has 4 nitrogen and oxygen atoms in total. The maximum absolute atomic E-state index is 13.2. The van der Waals surface area contributed by atoms with Crippen LogP contribution in [-0.2, 0) is 15.4 Å². The molecule has 1 heterocycles. The first-order valence-electron chi connectivity index (χ1n) is 9.97. The van der Waals surface area contributed by atoms with Crippen molar-refractivity contribution in [2.24, 2.45) is 0 Å². The summed E-state index contributed by atoms with van der Waals surface area (Å²) in [7, 11) is -3.81. The van der Waals surface area contributed by atoms with Crippen molar-refractivity contribution in [3.05, 3.63) is 82.9 Å². The number of hydrogen-bond donors (Lipinski definition) is 1. The van der Waals surface area contributed by atoms with Gasteiger partial charge in [-0.25, -0.2) is 8.42 Å². The zero-order chi connectivity index (χ0) is 22.4. The van der Waals surface area contributed by atoms with Gasteiger partial charge in [0.15, 0.2) is 5.76 Å². The van der Waals surface area contributed by atoms with Crippen LogP contribution >= 0.6 is 11.6 Å². The van der Waals surface area contributed by atoms with Crippen molar-refractivity contribution in [2.45, 2.75) is 38.0 Å². The highest BCUT2D eigenvalue weighted by Crippen LogP contribution is 2.41. The molecule has 160 valence electrons. The quantitative estimate of drug-likeness (QED) is 0.356. The smallest absolute Gasteiger partial charge is 0.262 e. The number of halogens is 1. The molecular formula is C25H24ClNO3S. The summed E-state index contributed by atoms with van der Waals surface area (Å²) in [5.41, 5.74) is 3.74. The third kappa shape index (κ3) is 4.34. The molecule has 0 saturated heterocycles. The second-order valence-corrected chi connectivity index (χ2v) is 10.8. The number of aryl methyl sites for hydroxylation is 1. The SMILES string of the molecule is Cc1ccc(S(=O)(=O)Nc2c(-c3ccc(Cl)cc3)oc3ccc(C(C)(C)C)cc23)cc1. The van der Waals surface area contributed by atoms with Gasteiger partial charge < -0.3 is 4.42 Å². The van der Waals surface area contributed by atoms with E-state index in [9.17, 15) is 8.42 Å². The molecule has 31 heavy (non-hydrogen) atoms. The molecule has 0 aliphatic carbocycles. The van der Waals surface area contributed by atoms with E-state index < -0.39 is 10.0 Å². The van der Waals surface area contributed by atoms with Gasteiger partial charge in [-0.05, 0) is 66.4 Å². The van der Waals surface area contributed by atoms with Crippen molar-refractivity contribution >= 4 is 38.3 Å². The molecule has 0 unspecified atom stereocenters. The van der Waals surface area contributed by atoms with Gasteiger partial charge in [-0.1, -0.05) is 56.1 Å². The fourth-order valence-corrected chi connectivity index (χ4v) is 4.59. The van der Waals surface area contributed by atoms with E-state index in [2.05, 4.69) is 25.5 Å². The van der Waals surface area contributed by atoms with Crippen LogP contribution in [0.2, 0.25) is 5.02 Å². The van der Waals surface area contributed by atoms with Gasteiger partial charge >= 0.3 is 0 Å². The average molecular weight is 454 g/mol. The van der Waals surface area contributed by atoms with Crippen LogP contribution < -0.4 is 4.72 Å². The first-order valence-corrected chi connectivity index (χ1v) is 11.8. The van der Waals surface area contributed by atoms with Crippen LogP contribution in [0.15, 0.2) is 76.0 Å². The van der Waals surface area contributed by atoms with E-state index in [4.69, 9.17) is 16.0 Å². The van der Waals surface area contributed by atoms with Gasteiger partial charge in [0.05, 0.1) is 4.90 Å². The molecule has 0 atom stereocenters. The molecule has 4 aromatic rings. The summed E-state index contributed by atoms with van der Waals surface area (Å²) in [6.07, 6.45) is 0. The summed E-state index contributed by atoms with van der Waals surface area (Å²) in [5, 5.41) is 1.31. The Bertz CT molecular complexity index is 1350. The van der Waals surface area contributed by atoms with Crippen LogP contribution in [0, 0.1) is 6.92 Å². The van der Waals surface area contributed by atoms with Gasteiger partial charge in [-0.2, -0.15) is 0 Å². The Morgan fingerprint density at radius 2 is 1.55 bits per heavy atom. The van der Waals surface area contributed by atoms with Crippen LogP contribution in [0.5, 0.6) is 0 Å². The van der Waals surface area contributed by atoms with E-state index in [1.54, 1.807) is 36.4 Å². The van der Waals surface area contributed by atoms with E-state index in [1.807, 2.05) is 37.3 Å². The summed E-state index contributed by atoms with van der Waals surface area (Å²) in [6, 6.07) is 19.8. The van der Waals surface area contributed by atoms with Gasteiger partial charge in [0.1, 0.15) is 11.3 Å². The fourth-order valence-electron chi connectivity index (χ4n) is 3.38. The van der Waals surface area contributed by atoms with E-state index in [0.29, 0.717) is 27.4 Å². The molecule has 0 amide bonds. The monoisotopic (exact) mass is 453 g/mol. The molecule has 0 radical (unpaired) electrons. The Labute approximate surface area is 187 Å². The Balaban J connectivity index is 1.92. The fraction of sp³-hybridized carbons (Fsp3) is 0.200. The summed E-state index contributed by atoms with van der Waals surface area (Å²) in [6.45, 7) is 8.26. The zero-order valence-corrected chi connectivity index (χ0v) is 19.4. The van der Waals surface area contributed by atoms with Crippen molar-refractivity contribution < 1.29 is 12.8 Å². The van der Waals surface area contributed by atoms with Crippen molar-refractivity contribution in [1.29, 1.82) is 0 Å². The minimum absolute atomic E-state index is 0.0982. The maximum Gasteiger partial charge on any atom is 0.262 e. The highest BCUT2D eigenvalue weighted by atomic mass is 35.5. The van der Waals surface area contributed by atoms with Gasteiger partial charge in [-0.3, -0.25) is 4.72 Å². The molecular weight excluding hydrogens is 430 g/mol. The lowest BCUT2D eigenvalue weighted by Crippen LogP contribution is -2.13. The van der Waals surface area contributed by atoms with Crippen molar-refractivity contribution in [3.8, 4) is 11.3 Å². The predicted molar refractivity (Wildman–Crippen MR) is 127 cm³/mol. The number of fused-ring (bicyclic) bond motifs is 1. The van der Waals surface area contributed by atoms with Gasteiger partial charge in [0.25, 0.3) is 10.0 Å². The highest BCUT2D eigenvalue weighted by Gasteiger charge is 2.24. The van der Waals surface area contributed by atoms with E-state index in [0.717, 1.165) is 16.7 Å². The molecule has 0 saturated carbocycles. The number of furan rings is 1. The summed E-state index contributed by atoms with van der Waals surface area (Å²) >= 11 is 6.05. The Morgan fingerprint density at radius 3 is 2.16 bits per heavy atom. The topological polar surface area (TPSA) is 59.3 Å². The zero-order valence-electron chi connectivity index (χ0n) is 17.9. The molecule has 3 aromatic carbocycles. The molecule has 0 aliphatic heterocycles. The number of nitrogens with one attached hydrogen (secondary N) is 1. The molecule has 4 rings (SSSR count). The number of benzene rings is 3. The second-order valence-electron chi connectivity index (χ2n) is 8.69. The standard InChI is InChI=1S/C25H24ClNO3S/c1-16-5-12-20(13-6-16)31(28,29)27-23-21-15-18(25(2,3)4)9-14-22(21)30-24(23)17-7-10-19(26)11-8-17/h5-15,27H,1-4H3. The van der Waals surface area contributed by atoms with Gasteiger partial charge in [0, 0.05) is 16.0 Å². The molecule has 0 spiro atoms. The largest absolute Gasteiger partial charge is 0.454 e. The second kappa shape index (κ2) is 7.74. The Hall–Kier alpha value is -2.76. The number of sulfonamides is 1. The number of hydrogen-bond acceptors (Lipinski definition) is 3. The Kier molecular flexibility index (Phi) is 5.36. The average Bonchev–Trinajstić information content (AvgIpc) is 3.05. The first-order chi connectivity index (χ1) is 14.5. The minimum atomic E-state index is -3.81. The van der Waals surface area contributed by atoms with Crippen LogP contribution in [0.1, 0.15) is 31.9 Å². The van der Waals surface area contributed by atoms with Crippen LogP contribution in [0.25, 0.3) is 22.3 Å². The normalized spacial score (nSPS) is 12.3. The maximum atomic E-state index is 13.2. The van der Waals surface area contributed by atoms with Gasteiger partial charge in [-0.15, -0.1) is 0 Å². The van der Waals surface area contributed by atoms with Crippen molar-refractivity contribution in [2.75, 3.05) is 4.72 Å². The minimum Gasteiger partial charge on any atom is -0.454 e. The number of rotatable bonds is 4. The molecule has 0 aliphatic rings. The molecule has 1 N–H and O–H groups in total. The van der Waals surface area contributed by atoms with Crippen LogP contribution in [-0.4, -0.2) is 8.42 Å². The van der Waals surface area contributed by atoms with E-state index in [-0.39, 0.29) is 10.3 Å². The molecule has 1 aromatic heterocycles. The lowest BCUT2D eigenvalue weighted by molar-refractivity contribution is 0.590. The highest BCUT2D eigenvalue weighted by molar-refractivity contribution is 7.92. The lowest BCUT2D eigenvalue weighted by Gasteiger charge is -2.19. The third-order valence-electron chi connectivity index (χ3n) is 5.23. The molecule has 6 heteroatoms. The predicted octanol–water partition coefficient (Wildman–Crippen LogP) is 7.16. The molecule has 0 bridgehead atoms. The summed E-state index contributed by atoms with van der Waals surface area (Å²) in [5.74, 6) is 0.452. The summed E-state index contributed by atoms with van der Waals surface area (Å²) < 4.78 is 35.3. The van der Waals surface area contributed by atoms with E-state index in [1.165, 1.54) is 0 Å². The third-order valence-corrected chi connectivity index (χ3v) is 6.85.